The van der Waals surface area contributed by atoms with Gasteiger partial charge in [-0.25, -0.2) is 9.97 Å². The fraction of sp³-hybridized carbons (Fsp3) is 0.154. The molecular weight excluding hydrogens is 228 g/mol. The average molecular weight is 240 g/mol. The van der Waals surface area contributed by atoms with Gasteiger partial charge in [-0.1, -0.05) is 0 Å². The molecule has 0 bridgehead atoms. The van der Waals surface area contributed by atoms with Gasteiger partial charge in [0.2, 0.25) is 0 Å². The first kappa shape index (κ1) is 11.9. The first-order valence-electron chi connectivity index (χ1n) is 5.36. The SMILES string of the molecule is COc1ccc(Nc2cnc(C#N)cn2)cc1C. The van der Waals surface area contributed by atoms with Gasteiger partial charge in [-0.15, -0.1) is 0 Å². The smallest absolute Gasteiger partial charge is 0.158 e. The summed E-state index contributed by atoms with van der Waals surface area (Å²) in [6.45, 7) is 1.97. The molecule has 0 saturated carbocycles. The van der Waals surface area contributed by atoms with Crippen molar-refractivity contribution in [3.8, 4) is 11.8 Å². The maximum absolute atomic E-state index is 8.63. The lowest BCUT2D eigenvalue weighted by molar-refractivity contribution is 0.412. The average Bonchev–Trinajstić information content (AvgIpc) is 2.40. The van der Waals surface area contributed by atoms with Crippen molar-refractivity contribution in [1.82, 2.24) is 9.97 Å². The number of benzene rings is 1. The van der Waals surface area contributed by atoms with Crippen LogP contribution in [0.1, 0.15) is 11.3 Å². The third-order valence-corrected chi connectivity index (χ3v) is 2.43. The van der Waals surface area contributed by atoms with Crippen molar-refractivity contribution in [3.05, 3.63) is 41.9 Å². The Morgan fingerprint density at radius 3 is 2.67 bits per heavy atom. The molecular formula is C13H12N4O. The molecule has 1 aromatic heterocycles. The molecule has 5 heteroatoms. The second kappa shape index (κ2) is 5.15. The summed E-state index contributed by atoms with van der Waals surface area (Å²) in [5, 5.41) is 11.7. The second-order valence-electron chi connectivity index (χ2n) is 3.71. The van der Waals surface area contributed by atoms with Crippen molar-refractivity contribution in [1.29, 1.82) is 5.26 Å². The van der Waals surface area contributed by atoms with Gasteiger partial charge in [-0.2, -0.15) is 5.26 Å². The normalized spacial score (nSPS) is 9.61. The summed E-state index contributed by atoms with van der Waals surface area (Å²) in [6, 6.07) is 7.66. The topological polar surface area (TPSA) is 70.8 Å². The van der Waals surface area contributed by atoms with Crippen molar-refractivity contribution in [2.75, 3.05) is 12.4 Å². The van der Waals surface area contributed by atoms with E-state index >= 15 is 0 Å². The van der Waals surface area contributed by atoms with E-state index in [9.17, 15) is 0 Å². The van der Waals surface area contributed by atoms with Crippen molar-refractivity contribution in [2.24, 2.45) is 0 Å². The van der Waals surface area contributed by atoms with Crippen LogP contribution in [0.5, 0.6) is 5.75 Å². The van der Waals surface area contributed by atoms with E-state index in [1.54, 1.807) is 7.11 Å². The Labute approximate surface area is 105 Å². The van der Waals surface area contributed by atoms with Gasteiger partial charge >= 0.3 is 0 Å². The van der Waals surface area contributed by atoms with Crippen LogP contribution in [0.25, 0.3) is 0 Å². The van der Waals surface area contributed by atoms with Crippen LogP contribution in [-0.4, -0.2) is 17.1 Å². The van der Waals surface area contributed by atoms with E-state index in [2.05, 4.69) is 15.3 Å². The lowest BCUT2D eigenvalue weighted by Crippen LogP contribution is -1.96. The number of hydrogen-bond acceptors (Lipinski definition) is 5. The fourth-order valence-electron chi connectivity index (χ4n) is 1.55. The molecule has 0 amide bonds. The van der Waals surface area contributed by atoms with Crippen LogP contribution in [0.15, 0.2) is 30.6 Å². The van der Waals surface area contributed by atoms with E-state index in [0.717, 1.165) is 17.0 Å². The summed E-state index contributed by atoms with van der Waals surface area (Å²) in [5.74, 6) is 1.44. The van der Waals surface area contributed by atoms with Crippen LogP contribution in [-0.2, 0) is 0 Å². The van der Waals surface area contributed by atoms with E-state index in [0.29, 0.717) is 11.5 Å². The van der Waals surface area contributed by atoms with Crippen molar-refractivity contribution in [3.63, 3.8) is 0 Å². The minimum atomic E-state index is 0.298. The third kappa shape index (κ3) is 2.55. The van der Waals surface area contributed by atoms with Crippen LogP contribution in [0.2, 0.25) is 0 Å². The molecule has 2 aromatic rings. The highest BCUT2D eigenvalue weighted by Crippen LogP contribution is 2.23. The number of methoxy groups -OCH3 is 1. The fourth-order valence-corrected chi connectivity index (χ4v) is 1.55. The summed E-state index contributed by atoms with van der Waals surface area (Å²) >= 11 is 0. The molecule has 0 atom stereocenters. The summed E-state index contributed by atoms with van der Waals surface area (Å²) in [7, 11) is 1.64. The lowest BCUT2D eigenvalue weighted by Gasteiger charge is -2.08. The largest absolute Gasteiger partial charge is 0.496 e. The molecule has 0 unspecified atom stereocenters. The summed E-state index contributed by atoms with van der Waals surface area (Å²) in [6.07, 6.45) is 2.96. The molecule has 0 aliphatic carbocycles. The maximum atomic E-state index is 8.63. The zero-order valence-electron chi connectivity index (χ0n) is 10.1. The predicted molar refractivity (Wildman–Crippen MR) is 67.8 cm³/mol. The number of aromatic nitrogens is 2. The molecule has 1 aromatic carbocycles. The highest BCUT2D eigenvalue weighted by molar-refractivity contribution is 5.58. The highest BCUT2D eigenvalue weighted by atomic mass is 16.5. The quantitative estimate of drug-likeness (QED) is 0.892. The molecule has 0 fully saturated rings. The van der Waals surface area contributed by atoms with Gasteiger partial charge in [0, 0.05) is 5.69 Å². The van der Waals surface area contributed by atoms with Crippen LogP contribution in [0.4, 0.5) is 11.5 Å². The number of anilines is 2. The third-order valence-electron chi connectivity index (χ3n) is 2.43. The first-order chi connectivity index (χ1) is 8.72. The summed E-state index contributed by atoms with van der Waals surface area (Å²) in [4.78, 5) is 8.03. The van der Waals surface area contributed by atoms with Gasteiger partial charge in [-0.3, -0.25) is 0 Å². The van der Waals surface area contributed by atoms with Gasteiger partial charge in [0.05, 0.1) is 19.5 Å². The van der Waals surface area contributed by atoms with E-state index in [4.69, 9.17) is 10.00 Å². The number of aryl methyl sites for hydroxylation is 1. The molecule has 1 N–H and O–H groups in total. The zero-order valence-corrected chi connectivity index (χ0v) is 10.1. The lowest BCUT2D eigenvalue weighted by atomic mass is 10.2. The van der Waals surface area contributed by atoms with Crippen LogP contribution < -0.4 is 10.1 Å². The molecule has 1 heterocycles. The maximum Gasteiger partial charge on any atom is 0.158 e. The van der Waals surface area contributed by atoms with Crippen molar-refractivity contribution < 1.29 is 4.74 Å². The van der Waals surface area contributed by atoms with E-state index in [-0.39, 0.29) is 0 Å². The molecule has 0 saturated heterocycles. The zero-order chi connectivity index (χ0) is 13.0. The van der Waals surface area contributed by atoms with E-state index < -0.39 is 0 Å². The number of rotatable bonds is 3. The number of nitrogens with zero attached hydrogens (tertiary/aromatic N) is 3. The monoisotopic (exact) mass is 240 g/mol. The Hall–Kier alpha value is -2.61. The summed E-state index contributed by atoms with van der Waals surface area (Å²) < 4.78 is 5.19. The second-order valence-corrected chi connectivity index (χ2v) is 3.71. The molecule has 2 rings (SSSR count). The Kier molecular flexibility index (Phi) is 3.39. The molecule has 0 spiro atoms. The Morgan fingerprint density at radius 1 is 1.28 bits per heavy atom. The van der Waals surface area contributed by atoms with Gasteiger partial charge in [0.25, 0.3) is 0 Å². The molecule has 0 aliphatic heterocycles. The Balaban J connectivity index is 2.18. The molecule has 0 radical (unpaired) electrons. The highest BCUT2D eigenvalue weighted by Gasteiger charge is 2.01. The number of nitriles is 1. The molecule has 0 aliphatic rings. The summed E-state index contributed by atoms with van der Waals surface area (Å²) in [5.41, 5.74) is 2.22. The van der Waals surface area contributed by atoms with Gasteiger partial charge in [0.1, 0.15) is 17.6 Å². The first-order valence-corrected chi connectivity index (χ1v) is 5.36. The van der Waals surface area contributed by atoms with E-state index in [1.807, 2.05) is 31.2 Å². The molecule has 18 heavy (non-hydrogen) atoms. The number of hydrogen-bond donors (Lipinski definition) is 1. The van der Waals surface area contributed by atoms with Gasteiger partial charge in [0.15, 0.2) is 5.69 Å². The van der Waals surface area contributed by atoms with Crippen LogP contribution in [0, 0.1) is 18.3 Å². The van der Waals surface area contributed by atoms with E-state index in [1.165, 1.54) is 12.4 Å². The van der Waals surface area contributed by atoms with Crippen LogP contribution in [0.3, 0.4) is 0 Å². The number of nitrogens with one attached hydrogen (secondary N) is 1. The molecule has 90 valence electrons. The standard InChI is InChI=1S/C13H12N4O/c1-9-5-10(3-4-12(9)18-2)17-13-8-15-11(6-14)7-16-13/h3-5,7-8H,1-2H3,(H,16,17). The minimum absolute atomic E-state index is 0.298. The van der Waals surface area contributed by atoms with Crippen molar-refractivity contribution >= 4 is 11.5 Å². The Bertz CT molecular complexity index is 587. The van der Waals surface area contributed by atoms with Crippen molar-refractivity contribution in [2.45, 2.75) is 6.92 Å². The van der Waals surface area contributed by atoms with Gasteiger partial charge in [-0.05, 0) is 30.7 Å². The minimum Gasteiger partial charge on any atom is -0.496 e. The predicted octanol–water partition coefficient (Wildman–Crippen LogP) is 2.41. The van der Waals surface area contributed by atoms with Gasteiger partial charge < -0.3 is 10.1 Å². The number of ether oxygens (including phenoxy) is 1. The Morgan fingerprint density at radius 2 is 2.11 bits per heavy atom. The van der Waals surface area contributed by atoms with Crippen LogP contribution >= 0.6 is 0 Å². The molecule has 5 nitrogen and oxygen atoms in total.